The van der Waals surface area contributed by atoms with Crippen molar-refractivity contribution in [3.8, 4) is 0 Å². The fraction of sp³-hybridized carbons (Fsp3) is 0.167. The predicted octanol–water partition coefficient (Wildman–Crippen LogP) is 5.64. The molecule has 1 heterocycles. The summed E-state index contributed by atoms with van der Waals surface area (Å²) in [5.41, 5.74) is 1.58. The Bertz CT molecular complexity index is 510. The van der Waals surface area contributed by atoms with E-state index in [0.29, 0.717) is 10.0 Å². The summed E-state index contributed by atoms with van der Waals surface area (Å²) >= 11 is 11.9. The largest absolute Gasteiger partial charge is 0.455 e. The maximum absolute atomic E-state index is 5.93. The van der Waals surface area contributed by atoms with Gasteiger partial charge < -0.3 is 9.73 Å². The summed E-state index contributed by atoms with van der Waals surface area (Å²) < 4.78 is 5.31. The van der Waals surface area contributed by atoms with Crippen LogP contribution in [-0.4, -0.2) is 6.26 Å². The van der Waals surface area contributed by atoms with Gasteiger partial charge in [0, 0.05) is 21.8 Å². The predicted molar refractivity (Wildman–Crippen MR) is 82.1 cm³/mol. The van der Waals surface area contributed by atoms with Crippen molar-refractivity contribution in [2.45, 2.75) is 5.75 Å². The standard InChI is InChI=1S/C12H10Cl2NOS2/c1-17-18-7-12-5-11(6-16-12)15-10-3-8(13)2-9(14)4-10/h2-5,15H,7H2,1H3. The van der Waals surface area contributed by atoms with Crippen molar-refractivity contribution in [3.05, 3.63) is 46.3 Å². The van der Waals surface area contributed by atoms with Gasteiger partial charge in [-0.2, -0.15) is 0 Å². The van der Waals surface area contributed by atoms with Gasteiger partial charge in [-0.05, 0) is 24.5 Å². The molecular weight excluding hydrogens is 309 g/mol. The second-order valence-corrected chi connectivity index (χ2v) is 6.88. The molecule has 0 fully saturated rings. The van der Waals surface area contributed by atoms with Crippen LogP contribution in [0.1, 0.15) is 5.76 Å². The number of furan rings is 1. The van der Waals surface area contributed by atoms with Gasteiger partial charge in [0.2, 0.25) is 0 Å². The molecule has 95 valence electrons. The van der Waals surface area contributed by atoms with Crippen molar-refractivity contribution in [1.82, 2.24) is 0 Å². The van der Waals surface area contributed by atoms with Crippen LogP contribution in [0.4, 0.5) is 11.4 Å². The minimum atomic E-state index is 0.589. The van der Waals surface area contributed by atoms with Gasteiger partial charge in [-0.25, -0.2) is 0 Å². The van der Waals surface area contributed by atoms with Crippen LogP contribution < -0.4 is 5.32 Å². The van der Waals surface area contributed by atoms with Gasteiger partial charge in [0.25, 0.3) is 0 Å². The Morgan fingerprint density at radius 3 is 2.61 bits per heavy atom. The van der Waals surface area contributed by atoms with Crippen molar-refractivity contribution in [2.24, 2.45) is 0 Å². The van der Waals surface area contributed by atoms with Gasteiger partial charge in [0.1, 0.15) is 5.76 Å². The number of anilines is 2. The number of halogens is 2. The first-order chi connectivity index (χ1) is 8.67. The van der Waals surface area contributed by atoms with E-state index in [1.807, 2.05) is 12.3 Å². The minimum Gasteiger partial charge on any atom is -0.455 e. The Morgan fingerprint density at radius 2 is 1.94 bits per heavy atom. The van der Waals surface area contributed by atoms with Gasteiger partial charge in [-0.1, -0.05) is 44.8 Å². The van der Waals surface area contributed by atoms with E-state index in [1.54, 1.807) is 39.8 Å². The first-order valence-corrected chi connectivity index (χ1v) is 8.55. The third-order valence-corrected chi connectivity index (χ3v) is 4.19. The molecule has 2 rings (SSSR count). The first-order valence-electron chi connectivity index (χ1n) is 5.06. The van der Waals surface area contributed by atoms with Crippen LogP contribution in [0.2, 0.25) is 10.0 Å². The number of benzene rings is 1. The van der Waals surface area contributed by atoms with Crippen molar-refractivity contribution >= 4 is 56.2 Å². The highest BCUT2D eigenvalue weighted by atomic mass is 35.5. The third-order valence-electron chi connectivity index (χ3n) is 2.06. The monoisotopic (exact) mass is 318 g/mol. The van der Waals surface area contributed by atoms with Crippen LogP contribution in [0.25, 0.3) is 0 Å². The Balaban J connectivity index is 2.06. The summed E-state index contributed by atoms with van der Waals surface area (Å²) in [7, 11) is 3.42. The van der Waals surface area contributed by atoms with Crippen molar-refractivity contribution in [3.63, 3.8) is 0 Å². The van der Waals surface area contributed by atoms with Crippen molar-refractivity contribution in [1.29, 1.82) is 0 Å². The molecule has 0 spiro atoms. The number of rotatable bonds is 5. The SMILES string of the molecule is CSSCc1cc(Nc2cc(Cl)cc(Cl)c2)[c]o1. The summed E-state index contributed by atoms with van der Waals surface area (Å²) in [6.45, 7) is 0. The maximum atomic E-state index is 5.93. The van der Waals surface area contributed by atoms with Gasteiger partial charge in [0.15, 0.2) is 6.26 Å². The summed E-state index contributed by atoms with van der Waals surface area (Å²) in [5, 5.41) is 4.33. The average Bonchev–Trinajstić information content (AvgIpc) is 2.72. The second kappa shape index (κ2) is 6.66. The summed E-state index contributed by atoms with van der Waals surface area (Å²) in [5.74, 6) is 1.69. The lowest BCUT2D eigenvalue weighted by Gasteiger charge is -2.03. The number of nitrogens with one attached hydrogen (secondary N) is 1. The molecule has 1 aromatic carbocycles. The van der Waals surface area contributed by atoms with Crippen LogP contribution in [0.3, 0.4) is 0 Å². The first kappa shape index (κ1) is 14.0. The molecule has 0 aliphatic heterocycles. The lowest BCUT2D eigenvalue weighted by Crippen LogP contribution is -1.88. The molecular formula is C12H10Cl2NOS2. The zero-order valence-corrected chi connectivity index (χ0v) is 12.6. The van der Waals surface area contributed by atoms with Gasteiger partial charge in [0.05, 0.1) is 11.4 Å². The van der Waals surface area contributed by atoms with Gasteiger partial charge in [-0.3, -0.25) is 0 Å². The van der Waals surface area contributed by atoms with E-state index < -0.39 is 0 Å². The van der Waals surface area contributed by atoms with Gasteiger partial charge in [-0.15, -0.1) is 0 Å². The van der Waals surface area contributed by atoms with E-state index in [1.165, 1.54) is 0 Å². The number of hydrogen-bond donors (Lipinski definition) is 1. The highest BCUT2D eigenvalue weighted by Crippen LogP contribution is 2.28. The van der Waals surface area contributed by atoms with E-state index in [9.17, 15) is 0 Å². The normalized spacial score (nSPS) is 10.6. The molecule has 6 heteroatoms. The fourth-order valence-corrected chi connectivity index (χ4v) is 2.98. The fourth-order valence-electron chi connectivity index (χ4n) is 1.37. The zero-order valence-electron chi connectivity index (χ0n) is 9.50. The molecule has 1 aromatic heterocycles. The summed E-state index contributed by atoms with van der Waals surface area (Å²) in [6, 6.07) is 7.20. The van der Waals surface area contributed by atoms with Gasteiger partial charge >= 0.3 is 0 Å². The van der Waals surface area contributed by atoms with E-state index in [-0.39, 0.29) is 0 Å². The van der Waals surface area contributed by atoms with Crippen LogP contribution in [-0.2, 0) is 5.75 Å². The van der Waals surface area contributed by atoms with Crippen molar-refractivity contribution in [2.75, 3.05) is 11.6 Å². The minimum absolute atomic E-state index is 0.589. The lowest BCUT2D eigenvalue weighted by atomic mass is 10.3. The molecule has 0 aliphatic carbocycles. The second-order valence-electron chi connectivity index (χ2n) is 3.44. The Labute approximate surface area is 124 Å². The molecule has 0 unspecified atom stereocenters. The lowest BCUT2D eigenvalue weighted by molar-refractivity contribution is 0.523. The molecule has 0 amide bonds. The quantitative estimate of drug-likeness (QED) is 0.721. The van der Waals surface area contributed by atoms with Crippen molar-refractivity contribution < 1.29 is 4.42 Å². The molecule has 2 nitrogen and oxygen atoms in total. The van der Waals surface area contributed by atoms with Crippen LogP contribution in [0, 0.1) is 6.26 Å². The molecule has 0 aliphatic rings. The molecule has 1 N–H and O–H groups in total. The van der Waals surface area contributed by atoms with E-state index in [0.717, 1.165) is 22.9 Å². The van der Waals surface area contributed by atoms with Crippen LogP contribution >= 0.6 is 44.8 Å². The summed E-state index contributed by atoms with van der Waals surface area (Å²) in [4.78, 5) is 0. The average molecular weight is 319 g/mol. The third kappa shape index (κ3) is 4.05. The van der Waals surface area contributed by atoms with Crippen LogP contribution in [0.5, 0.6) is 0 Å². The van der Waals surface area contributed by atoms with E-state index >= 15 is 0 Å². The molecule has 2 aromatic rings. The molecule has 18 heavy (non-hydrogen) atoms. The Kier molecular flexibility index (Phi) is 5.18. The molecule has 0 atom stereocenters. The molecule has 1 radical (unpaired) electrons. The van der Waals surface area contributed by atoms with E-state index in [2.05, 4.69) is 11.6 Å². The highest BCUT2D eigenvalue weighted by molar-refractivity contribution is 8.76. The Hall–Kier alpha value is -0.420. The highest BCUT2D eigenvalue weighted by Gasteiger charge is 2.04. The Morgan fingerprint density at radius 1 is 1.22 bits per heavy atom. The van der Waals surface area contributed by atoms with E-state index in [4.69, 9.17) is 27.6 Å². The molecule has 0 saturated heterocycles. The zero-order chi connectivity index (χ0) is 13.0. The molecule has 0 saturated carbocycles. The maximum Gasteiger partial charge on any atom is 0.195 e. The number of hydrogen-bond acceptors (Lipinski definition) is 4. The molecule has 0 bridgehead atoms. The van der Waals surface area contributed by atoms with Crippen LogP contribution in [0.15, 0.2) is 28.7 Å². The topological polar surface area (TPSA) is 25.2 Å². The smallest absolute Gasteiger partial charge is 0.195 e. The summed E-state index contributed by atoms with van der Waals surface area (Å²) in [6.07, 6.45) is 4.84.